The quantitative estimate of drug-likeness (QED) is 0.478. The third kappa shape index (κ3) is 20.1. The Morgan fingerprint density at radius 1 is 0.846 bits per heavy atom. The molecule has 0 aromatic rings. The maximum atomic E-state index is 2.37. The molecule has 0 atom stereocenters. The van der Waals surface area contributed by atoms with E-state index in [-0.39, 0.29) is 0 Å². The van der Waals surface area contributed by atoms with E-state index in [1.165, 1.54) is 0 Å². The van der Waals surface area contributed by atoms with Gasteiger partial charge in [0, 0.05) is 0 Å². The fourth-order valence-electron chi connectivity index (χ4n) is 1.01. The molecule has 6 heteroatoms. The normalized spacial score (nSPS) is 10.3. The number of rotatable bonds is 4. The van der Waals surface area contributed by atoms with Crippen molar-refractivity contribution in [1.29, 1.82) is 0 Å². The SMILES string of the molecule is CN(C)CN(C)CN(C)C.[I][V][I]. The van der Waals surface area contributed by atoms with Crippen molar-refractivity contribution >= 4 is 40.0 Å². The monoisotopic (exact) mass is 450 g/mol. The summed E-state index contributed by atoms with van der Waals surface area (Å²) in [6, 6.07) is 0. The Hall–Kier alpha value is 1.92. The first-order valence-corrected chi connectivity index (χ1v) is 12.9. The van der Waals surface area contributed by atoms with Gasteiger partial charge in [-0.1, -0.05) is 0 Å². The van der Waals surface area contributed by atoms with Crippen LogP contribution in [0.25, 0.3) is 0 Å². The Morgan fingerprint density at radius 2 is 1.08 bits per heavy atom. The summed E-state index contributed by atoms with van der Waals surface area (Å²) < 4.78 is 0. The second-order valence-electron chi connectivity index (χ2n) is 3.36. The molecule has 0 aromatic heterocycles. The second-order valence-corrected chi connectivity index (χ2v) is 15.2. The van der Waals surface area contributed by atoms with E-state index in [4.69, 9.17) is 0 Å². The third-order valence-electron chi connectivity index (χ3n) is 1.05. The fraction of sp³-hybridized carbons (Fsp3) is 1.00. The van der Waals surface area contributed by atoms with Gasteiger partial charge in [-0.3, -0.25) is 14.7 Å². The number of hydrogen-bond donors (Lipinski definition) is 0. The van der Waals surface area contributed by atoms with Gasteiger partial charge in [0.05, 0.1) is 13.3 Å². The van der Waals surface area contributed by atoms with Crippen LogP contribution < -0.4 is 0 Å². The molecule has 0 aliphatic rings. The molecule has 0 radical (unpaired) electrons. The Balaban J connectivity index is 0. The molecule has 0 N–H and O–H groups in total. The Bertz CT molecular complexity index is 93.7. The van der Waals surface area contributed by atoms with Gasteiger partial charge in [0.25, 0.3) is 0 Å². The number of nitrogens with zero attached hydrogens (tertiary/aromatic N) is 3. The van der Waals surface area contributed by atoms with Crippen molar-refractivity contribution in [3.63, 3.8) is 0 Å². The van der Waals surface area contributed by atoms with E-state index in [0.29, 0.717) is 9.47 Å². The van der Waals surface area contributed by atoms with E-state index in [1.54, 1.807) is 0 Å². The van der Waals surface area contributed by atoms with Crippen molar-refractivity contribution in [1.82, 2.24) is 14.7 Å². The first-order valence-electron chi connectivity index (χ1n) is 3.84. The van der Waals surface area contributed by atoms with Crippen LogP contribution in [0.15, 0.2) is 0 Å². The summed E-state index contributed by atoms with van der Waals surface area (Å²) >= 11 is 4.74. The first-order chi connectivity index (χ1) is 5.93. The summed E-state index contributed by atoms with van der Waals surface area (Å²) in [6.45, 7) is 2.02. The zero-order valence-electron chi connectivity index (χ0n) is 8.96. The van der Waals surface area contributed by atoms with Crippen molar-refractivity contribution in [3.05, 3.63) is 0 Å². The molecular formula is C7H19I2N3V. The van der Waals surface area contributed by atoms with Gasteiger partial charge in [-0.25, -0.2) is 0 Å². The average Bonchev–Trinajstić information content (AvgIpc) is 1.83. The van der Waals surface area contributed by atoms with Crippen LogP contribution in [0, 0.1) is 0 Å². The van der Waals surface area contributed by atoms with E-state index < -0.39 is 0 Å². The molecule has 0 spiro atoms. The maximum absolute atomic E-state index is 2.37. The average molecular weight is 450 g/mol. The Kier molecular flexibility index (Phi) is 16.0. The van der Waals surface area contributed by atoms with Gasteiger partial charge >= 0.3 is 49.4 Å². The van der Waals surface area contributed by atoms with Gasteiger partial charge in [-0.15, -0.1) is 0 Å². The molecule has 81 valence electrons. The molecule has 0 bridgehead atoms. The number of halogens is 2. The van der Waals surface area contributed by atoms with Crippen LogP contribution >= 0.6 is 40.0 Å². The molecule has 0 unspecified atom stereocenters. The molecule has 0 aliphatic carbocycles. The van der Waals surface area contributed by atoms with Crippen molar-refractivity contribution in [3.8, 4) is 0 Å². The summed E-state index contributed by atoms with van der Waals surface area (Å²) in [5.74, 6) is 0. The molecule has 0 fully saturated rings. The third-order valence-corrected chi connectivity index (χ3v) is 1.05. The van der Waals surface area contributed by atoms with E-state index in [1.807, 2.05) is 0 Å². The standard InChI is InChI=1S/C7H19N3.2HI.V/c1-8(2)6-10(5)7-9(3)4;;;/h6-7H2,1-5H3;2*1H;/q;;;+2/p-2. The summed E-state index contributed by atoms with van der Waals surface area (Å²) in [4.78, 5) is 6.56. The molecule has 0 saturated carbocycles. The zero-order valence-corrected chi connectivity index (χ0v) is 14.7. The Labute approximate surface area is 111 Å². The van der Waals surface area contributed by atoms with Gasteiger partial charge in [-0.2, -0.15) is 0 Å². The van der Waals surface area contributed by atoms with Gasteiger partial charge in [0.2, 0.25) is 0 Å². The predicted molar refractivity (Wildman–Crippen MR) is 72.9 cm³/mol. The molecule has 0 amide bonds. The molecule has 3 nitrogen and oxygen atoms in total. The summed E-state index contributed by atoms with van der Waals surface area (Å²) in [6.07, 6.45) is 0. The van der Waals surface area contributed by atoms with Crippen molar-refractivity contribution in [2.24, 2.45) is 0 Å². The molecule has 0 aromatic carbocycles. The molecule has 13 heavy (non-hydrogen) atoms. The fourth-order valence-corrected chi connectivity index (χ4v) is 1.01. The van der Waals surface area contributed by atoms with Gasteiger partial charge in [-0.05, 0) is 35.2 Å². The van der Waals surface area contributed by atoms with Crippen molar-refractivity contribution in [2.45, 2.75) is 0 Å². The van der Waals surface area contributed by atoms with Crippen LogP contribution in [0.5, 0.6) is 0 Å². The van der Waals surface area contributed by atoms with Crippen LogP contribution in [-0.2, 0) is 9.47 Å². The summed E-state index contributed by atoms with van der Waals surface area (Å²) in [5, 5.41) is 0. The van der Waals surface area contributed by atoms with E-state index >= 15 is 0 Å². The molecular weight excluding hydrogens is 431 g/mol. The topological polar surface area (TPSA) is 9.72 Å². The van der Waals surface area contributed by atoms with Gasteiger partial charge in [0.1, 0.15) is 0 Å². The van der Waals surface area contributed by atoms with E-state index in [9.17, 15) is 0 Å². The van der Waals surface area contributed by atoms with Crippen LogP contribution in [0.1, 0.15) is 0 Å². The van der Waals surface area contributed by atoms with Crippen LogP contribution in [0.3, 0.4) is 0 Å². The zero-order chi connectivity index (χ0) is 10.9. The minimum atomic E-state index is 0.628. The van der Waals surface area contributed by atoms with Gasteiger partial charge in [0.15, 0.2) is 0 Å². The van der Waals surface area contributed by atoms with Crippen molar-refractivity contribution < 1.29 is 9.47 Å². The molecule has 0 heterocycles. The predicted octanol–water partition coefficient (Wildman–Crippen LogP) is 1.73. The number of hydrogen-bond acceptors (Lipinski definition) is 3. The Morgan fingerprint density at radius 3 is 1.23 bits per heavy atom. The van der Waals surface area contributed by atoms with Crippen LogP contribution in [0.2, 0.25) is 0 Å². The van der Waals surface area contributed by atoms with E-state index in [0.717, 1.165) is 13.3 Å². The molecule has 0 saturated heterocycles. The van der Waals surface area contributed by atoms with E-state index in [2.05, 4.69) is 89.9 Å². The first kappa shape index (κ1) is 17.3. The summed E-state index contributed by atoms with van der Waals surface area (Å²) in [5.41, 5.74) is 0. The van der Waals surface area contributed by atoms with Crippen LogP contribution in [0.4, 0.5) is 0 Å². The van der Waals surface area contributed by atoms with Crippen LogP contribution in [-0.4, -0.2) is 63.3 Å². The molecule has 0 aliphatic heterocycles. The minimum absolute atomic E-state index is 0.628. The summed E-state index contributed by atoms with van der Waals surface area (Å²) in [7, 11) is 11.0. The second kappa shape index (κ2) is 12.0. The van der Waals surface area contributed by atoms with Crippen molar-refractivity contribution in [2.75, 3.05) is 48.6 Å². The van der Waals surface area contributed by atoms with Gasteiger partial charge < -0.3 is 0 Å². The molecule has 0 rings (SSSR count).